The van der Waals surface area contributed by atoms with Gasteiger partial charge in [-0.2, -0.15) is 0 Å². The second-order valence-electron chi connectivity index (χ2n) is 5.01. The highest BCUT2D eigenvalue weighted by molar-refractivity contribution is 5.39. The van der Waals surface area contributed by atoms with Gasteiger partial charge >= 0.3 is 0 Å². The third-order valence-corrected chi connectivity index (χ3v) is 3.66. The molecule has 0 aromatic heterocycles. The molecule has 2 nitrogen and oxygen atoms in total. The molecule has 0 saturated heterocycles. The van der Waals surface area contributed by atoms with Gasteiger partial charge in [-0.25, -0.2) is 4.39 Å². The minimum Gasteiger partial charge on any atom is -0.372 e. The first-order chi connectivity index (χ1) is 9.15. The molecule has 0 radical (unpaired) electrons. The van der Waals surface area contributed by atoms with E-state index in [1.807, 2.05) is 18.2 Å². The summed E-state index contributed by atoms with van der Waals surface area (Å²) in [5, 5.41) is 0. The molecule has 0 bridgehead atoms. The number of aryl methyl sites for hydroxylation is 1. The third-order valence-electron chi connectivity index (χ3n) is 3.66. The zero-order valence-corrected chi connectivity index (χ0v) is 10.8. The highest BCUT2D eigenvalue weighted by Crippen LogP contribution is 2.26. The van der Waals surface area contributed by atoms with Crippen LogP contribution in [0.4, 0.5) is 4.39 Å². The highest BCUT2D eigenvalue weighted by Gasteiger charge is 2.15. The lowest BCUT2D eigenvalue weighted by Crippen LogP contribution is -2.12. The summed E-state index contributed by atoms with van der Waals surface area (Å²) >= 11 is 0. The van der Waals surface area contributed by atoms with Crippen LogP contribution in [0.5, 0.6) is 0 Å². The van der Waals surface area contributed by atoms with Crippen molar-refractivity contribution in [3.63, 3.8) is 0 Å². The van der Waals surface area contributed by atoms with Crippen molar-refractivity contribution in [3.05, 3.63) is 70.0 Å². The molecule has 1 atom stereocenters. The monoisotopic (exact) mass is 257 g/mol. The Morgan fingerprint density at radius 3 is 2.53 bits per heavy atom. The molecular formula is C16H16FNO. The van der Waals surface area contributed by atoms with Gasteiger partial charge in [-0.15, -0.1) is 0 Å². The van der Waals surface area contributed by atoms with E-state index in [2.05, 4.69) is 6.07 Å². The zero-order chi connectivity index (χ0) is 13.4. The molecule has 3 heteroatoms. The van der Waals surface area contributed by atoms with Gasteiger partial charge in [0.1, 0.15) is 5.82 Å². The fourth-order valence-corrected chi connectivity index (χ4v) is 2.38. The van der Waals surface area contributed by atoms with Gasteiger partial charge in [0.25, 0.3) is 0 Å². The fraction of sp³-hybridized carbons (Fsp3) is 0.250. The van der Waals surface area contributed by atoms with Gasteiger partial charge in [-0.3, -0.25) is 0 Å². The second kappa shape index (κ2) is 4.76. The quantitative estimate of drug-likeness (QED) is 0.896. The van der Waals surface area contributed by atoms with Gasteiger partial charge in [0.05, 0.1) is 19.3 Å². The van der Waals surface area contributed by atoms with E-state index in [9.17, 15) is 4.39 Å². The van der Waals surface area contributed by atoms with E-state index in [0.717, 1.165) is 11.1 Å². The Hall–Kier alpha value is -1.71. The first-order valence-electron chi connectivity index (χ1n) is 6.36. The van der Waals surface area contributed by atoms with Gasteiger partial charge < -0.3 is 10.5 Å². The maximum absolute atomic E-state index is 13.6. The van der Waals surface area contributed by atoms with E-state index >= 15 is 0 Å². The van der Waals surface area contributed by atoms with Gasteiger partial charge in [0, 0.05) is 0 Å². The molecule has 1 heterocycles. The molecule has 1 unspecified atom stereocenters. The minimum absolute atomic E-state index is 0.211. The normalized spacial score (nSPS) is 15.3. The summed E-state index contributed by atoms with van der Waals surface area (Å²) in [6.45, 7) is 3.06. The average Bonchev–Trinajstić information content (AvgIpc) is 2.88. The maximum Gasteiger partial charge on any atom is 0.126 e. The van der Waals surface area contributed by atoms with Crippen LogP contribution in [-0.2, 0) is 18.0 Å². The van der Waals surface area contributed by atoms with Crippen molar-refractivity contribution in [2.75, 3.05) is 0 Å². The Morgan fingerprint density at radius 1 is 1.05 bits per heavy atom. The van der Waals surface area contributed by atoms with Crippen LogP contribution in [0.15, 0.2) is 36.4 Å². The molecule has 2 N–H and O–H groups in total. The van der Waals surface area contributed by atoms with Gasteiger partial charge in [0.15, 0.2) is 0 Å². The van der Waals surface area contributed by atoms with E-state index in [4.69, 9.17) is 10.5 Å². The van der Waals surface area contributed by atoms with E-state index in [0.29, 0.717) is 18.8 Å². The smallest absolute Gasteiger partial charge is 0.126 e. The van der Waals surface area contributed by atoms with Crippen molar-refractivity contribution in [3.8, 4) is 0 Å². The molecule has 1 aliphatic heterocycles. The van der Waals surface area contributed by atoms with Crippen molar-refractivity contribution in [1.29, 1.82) is 0 Å². The molecule has 98 valence electrons. The van der Waals surface area contributed by atoms with Crippen LogP contribution in [0.1, 0.15) is 33.9 Å². The number of fused-ring (bicyclic) bond motifs is 1. The van der Waals surface area contributed by atoms with Crippen LogP contribution in [-0.4, -0.2) is 0 Å². The number of halogens is 1. The maximum atomic E-state index is 13.6. The Morgan fingerprint density at radius 2 is 1.74 bits per heavy atom. The second-order valence-corrected chi connectivity index (χ2v) is 5.01. The minimum atomic E-state index is -0.305. The highest BCUT2D eigenvalue weighted by atomic mass is 19.1. The Bertz CT molecular complexity index is 624. The molecule has 0 amide bonds. The van der Waals surface area contributed by atoms with Crippen molar-refractivity contribution >= 4 is 0 Å². The summed E-state index contributed by atoms with van der Waals surface area (Å²) < 4.78 is 19.0. The fourth-order valence-electron chi connectivity index (χ4n) is 2.38. The molecule has 1 aliphatic rings. The lowest BCUT2D eigenvalue weighted by atomic mass is 9.96. The molecule has 19 heavy (non-hydrogen) atoms. The SMILES string of the molecule is Cc1ccc(C(N)c2ccc3c(c2)COC3)cc1F. The molecule has 2 aromatic rings. The number of hydrogen-bond acceptors (Lipinski definition) is 2. The summed E-state index contributed by atoms with van der Waals surface area (Å²) in [7, 11) is 0. The standard InChI is InChI=1S/C16H16FNO/c1-10-2-3-12(7-15(10)17)16(18)11-4-5-13-8-19-9-14(13)6-11/h2-7,16H,8-9,18H2,1H3. The first-order valence-corrected chi connectivity index (χ1v) is 6.36. The van der Waals surface area contributed by atoms with Crippen molar-refractivity contribution in [1.82, 2.24) is 0 Å². The molecule has 0 spiro atoms. The number of rotatable bonds is 2. The van der Waals surface area contributed by atoms with Crippen molar-refractivity contribution < 1.29 is 9.13 Å². The summed E-state index contributed by atoms with van der Waals surface area (Å²) in [6.07, 6.45) is 0. The lowest BCUT2D eigenvalue weighted by Gasteiger charge is -2.14. The molecule has 0 saturated carbocycles. The van der Waals surface area contributed by atoms with Gasteiger partial charge in [0.2, 0.25) is 0 Å². The van der Waals surface area contributed by atoms with Crippen LogP contribution < -0.4 is 5.73 Å². The van der Waals surface area contributed by atoms with Crippen molar-refractivity contribution in [2.45, 2.75) is 26.2 Å². The predicted octanol–water partition coefficient (Wildman–Crippen LogP) is 3.21. The van der Waals surface area contributed by atoms with Crippen LogP contribution in [0, 0.1) is 12.7 Å². The van der Waals surface area contributed by atoms with Crippen LogP contribution in [0.25, 0.3) is 0 Å². The Balaban J connectivity index is 1.94. The topological polar surface area (TPSA) is 35.2 Å². The third kappa shape index (κ3) is 2.27. The van der Waals surface area contributed by atoms with Crippen molar-refractivity contribution in [2.24, 2.45) is 5.73 Å². The average molecular weight is 257 g/mol. The van der Waals surface area contributed by atoms with E-state index < -0.39 is 0 Å². The summed E-state index contributed by atoms with van der Waals surface area (Å²) in [5.41, 5.74) is 11.0. The molecular weight excluding hydrogens is 241 g/mol. The van der Waals surface area contributed by atoms with Crippen LogP contribution in [0.3, 0.4) is 0 Å². The van der Waals surface area contributed by atoms with E-state index in [-0.39, 0.29) is 11.9 Å². The molecule has 3 rings (SSSR count). The Kier molecular flexibility index (Phi) is 3.09. The predicted molar refractivity (Wildman–Crippen MR) is 72.1 cm³/mol. The van der Waals surface area contributed by atoms with Gasteiger partial charge in [-0.1, -0.05) is 30.3 Å². The molecule has 0 fully saturated rings. The largest absolute Gasteiger partial charge is 0.372 e. The number of hydrogen-bond donors (Lipinski definition) is 1. The van der Waals surface area contributed by atoms with E-state index in [1.54, 1.807) is 13.0 Å². The zero-order valence-electron chi connectivity index (χ0n) is 10.8. The first kappa shape index (κ1) is 12.3. The number of ether oxygens (including phenoxy) is 1. The molecule has 2 aromatic carbocycles. The van der Waals surface area contributed by atoms with Gasteiger partial charge in [-0.05, 0) is 40.8 Å². The summed E-state index contributed by atoms with van der Waals surface area (Å²) in [4.78, 5) is 0. The van der Waals surface area contributed by atoms with Crippen LogP contribution >= 0.6 is 0 Å². The molecule has 0 aliphatic carbocycles. The summed E-state index contributed by atoms with van der Waals surface area (Å²) in [6, 6.07) is 11.0. The lowest BCUT2D eigenvalue weighted by molar-refractivity contribution is 0.134. The van der Waals surface area contributed by atoms with E-state index in [1.165, 1.54) is 17.2 Å². The number of nitrogens with two attached hydrogens (primary N) is 1. The Labute approximate surface area is 112 Å². The summed E-state index contributed by atoms with van der Waals surface area (Å²) in [5.74, 6) is -0.211. The van der Waals surface area contributed by atoms with Crippen LogP contribution in [0.2, 0.25) is 0 Å². The number of benzene rings is 2.